The Labute approximate surface area is 178 Å². The molecule has 7 atom stereocenters. The van der Waals surface area contributed by atoms with Gasteiger partial charge in [-0.25, -0.2) is 0 Å². The van der Waals surface area contributed by atoms with Gasteiger partial charge in [-0.1, -0.05) is 33.8 Å². The fourth-order valence-corrected chi connectivity index (χ4v) is 8.78. The van der Waals surface area contributed by atoms with Crippen LogP contribution in [0.1, 0.15) is 71.4 Å². The summed E-state index contributed by atoms with van der Waals surface area (Å²) in [5.41, 5.74) is -1.42. The third kappa shape index (κ3) is 1.64. The predicted octanol–water partition coefficient (Wildman–Crippen LogP) is 3.03. The molecule has 0 amide bonds. The highest BCUT2D eigenvalue weighted by Crippen LogP contribution is 2.79. The number of fused-ring (bicyclic) bond motifs is 2. The van der Waals surface area contributed by atoms with Gasteiger partial charge < -0.3 is 25.4 Å². The molecule has 3 saturated carbocycles. The number of aromatic hydroxyl groups is 1. The van der Waals surface area contributed by atoms with Crippen LogP contribution in [0.2, 0.25) is 0 Å². The van der Waals surface area contributed by atoms with Crippen molar-refractivity contribution in [2.75, 3.05) is 6.54 Å². The van der Waals surface area contributed by atoms with Crippen LogP contribution in [-0.4, -0.2) is 45.2 Å². The Morgan fingerprint density at radius 1 is 1.13 bits per heavy atom. The summed E-state index contributed by atoms with van der Waals surface area (Å²) >= 11 is 0. The number of hydrogen-bond acceptors (Lipinski definition) is 5. The number of piperidine rings is 1. The Morgan fingerprint density at radius 3 is 2.57 bits per heavy atom. The first-order valence-electron chi connectivity index (χ1n) is 11.6. The van der Waals surface area contributed by atoms with Crippen molar-refractivity contribution in [1.29, 1.82) is 0 Å². The lowest BCUT2D eigenvalue weighted by atomic mass is 9.30. The first-order valence-corrected chi connectivity index (χ1v) is 11.6. The van der Waals surface area contributed by atoms with E-state index in [1.807, 2.05) is 13.0 Å². The number of aliphatic hydroxyl groups is 2. The molecule has 1 aromatic carbocycles. The van der Waals surface area contributed by atoms with E-state index < -0.39 is 28.1 Å². The highest BCUT2D eigenvalue weighted by atomic mass is 16.5. The molecule has 0 aromatic heterocycles. The van der Waals surface area contributed by atoms with E-state index in [-0.39, 0.29) is 16.6 Å². The lowest BCUT2D eigenvalue weighted by Crippen LogP contribution is -2.85. The SMILES string of the molecule is CC(C)(C)[C@@](C)(O)C1(C)C[C@]23CCC1(O)C1Oc4c(O)ccc5c4[C@@]12CCN[C@@H]3C5. The molecule has 4 aliphatic carbocycles. The maximum atomic E-state index is 12.5. The molecule has 1 saturated heterocycles. The lowest BCUT2D eigenvalue weighted by Gasteiger charge is -2.77. The Kier molecular flexibility index (Phi) is 3.25. The Bertz CT molecular complexity index is 967. The highest BCUT2D eigenvalue weighted by molar-refractivity contribution is 5.63. The molecule has 0 radical (unpaired) electrons. The number of nitrogens with one attached hydrogen (secondary N) is 1. The minimum Gasteiger partial charge on any atom is -0.504 e. The van der Waals surface area contributed by atoms with Crippen molar-refractivity contribution in [2.45, 2.75) is 95.5 Å². The van der Waals surface area contributed by atoms with Gasteiger partial charge in [0, 0.05) is 27.9 Å². The molecule has 164 valence electrons. The molecule has 1 aromatic rings. The van der Waals surface area contributed by atoms with Crippen LogP contribution >= 0.6 is 0 Å². The van der Waals surface area contributed by atoms with Crippen LogP contribution < -0.4 is 10.1 Å². The van der Waals surface area contributed by atoms with Crippen molar-refractivity contribution in [1.82, 2.24) is 5.32 Å². The molecule has 30 heavy (non-hydrogen) atoms. The maximum absolute atomic E-state index is 12.5. The van der Waals surface area contributed by atoms with Gasteiger partial charge in [0.25, 0.3) is 0 Å². The average Bonchev–Trinajstić information content (AvgIpc) is 3.00. The second kappa shape index (κ2) is 5.02. The Morgan fingerprint density at radius 2 is 1.87 bits per heavy atom. The van der Waals surface area contributed by atoms with E-state index in [0.29, 0.717) is 18.2 Å². The minimum atomic E-state index is -1.17. The summed E-state index contributed by atoms with van der Waals surface area (Å²) in [6, 6.07) is 4.08. The van der Waals surface area contributed by atoms with Crippen molar-refractivity contribution in [3.8, 4) is 11.5 Å². The summed E-state index contributed by atoms with van der Waals surface area (Å²) in [6.07, 6.45) is 3.65. The molecule has 4 bridgehead atoms. The molecule has 4 N–H and O–H groups in total. The number of phenols is 1. The fourth-order valence-electron chi connectivity index (χ4n) is 8.78. The highest BCUT2D eigenvalue weighted by Gasteiger charge is 2.84. The molecular formula is C25H35NO4. The molecule has 7 rings (SSSR count). The Hall–Kier alpha value is -1.30. The normalized spacial score (nSPS) is 47.4. The van der Waals surface area contributed by atoms with E-state index in [2.05, 4.69) is 33.0 Å². The third-order valence-electron chi connectivity index (χ3n) is 10.8. The largest absolute Gasteiger partial charge is 0.504 e. The first-order chi connectivity index (χ1) is 13.9. The van der Waals surface area contributed by atoms with E-state index in [0.717, 1.165) is 37.8 Å². The van der Waals surface area contributed by atoms with Crippen LogP contribution in [-0.2, 0) is 11.8 Å². The predicted molar refractivity (Wildman–Crippen MR) is 114 cm³/mol. The third-order valence-corrected chi connectivity index (χ3v) is 10.8. The smallest absolute Gasteiger partial charge is 0.165 e. The van der Waals surface area contributed by atoms with Crippen LogP contribution in [0.4, 0.5) is 0 Å². The van der Waals surface area contributed by atoms with Crippen LogP contribution in [0, 0.1) is 16.2 Å². The summed E-state index contributed by atoms with van der Waals surface area (Å²) < 4.78 is 6.61. The van der Waals surface area contributed by atoms with E-state index in [9.17, 15) is 15.3 Å². The number of hydrogen-bond donors (Lipinski definition) is 4. The van der Waals surface area contributed by atoms with E-state index >= 15 is 0 Å². The fraction of sp³-hybridized carbons (Fsp3) is 0.760. The van der Waals surface area contributed by atoms with Crippen molar-refractivity contribution < 1.29 is 20.1 Å². The maximum Gasteiger partial charge on any atom is 0.165 e. The molecule has 4 fully saturated rings. The number of rotatable bonds is 1. The zero-order valence-corrected chi connectivity index (χ0v) is 18.8. The van der Waals surface area contributed by atoms with Crippen LogP contribution in [0.5, 0.6) is 11.5 Å². The van der Waals surface area contributed by atoms with Crippen LogP contribution in [0.15, 0.2) is 12.1 Å². The van der Waals surface area contributed by atoms with Gasteiger partial charge in [-0.2, -0.15) is 0 Å². The molecule has 2 spiro atoms. The molecule has 3 unspecified atom stereocenters. The van der Waals surface area contributed by atoms with Crippen molar-refractivity contribution in [2.24, 2.45) is 16.2 Å². The molecule has 6 aliphatic rings. The van der Waals surface area contributed by atoms with Crippen LogP contribution in [0.3, 0.4) is 0 Å². The summed E-state index contributed by atoms with van der Waals surface area (Å²) in [5, 5.41) is 39.1. The summed E-state index contributed by atoms with van der Waals surface area (Å²) in [6.45, 7) is 11.1. The number of ether oxygens (including phenoxy) is 1. The monoisotopic (exact) mass is 413 g/mol. The van der Waals surface area contributed by atoms with Crippen molar-refractivity contribution in [3.05, 3.63) is 23.3 Å². The molecular weight excluding hydrogens is 378 g/mol. The van der Waals surface area contributed by atoms with Crippen molar-refractivity contribution in [3.63, 3.8) is 0 Å². The second-order valence-corrected chi connectivity index (χ2v) is 12.3. The topological polar surface area (TPSA) is 82.0 Å². The molecule has 5 heteroatoms. The van der Waals surface area contributed by atoms with E-state index in [1.54, 1.807) is 6.07 Å². The molecule has 2 aliphatic heterocycles. The molecule has 5 nitrogen and oxygen atoms in total. The standard InChI is InChI=1S/C25H35NO4/c1-20(2,3)22(5,28)21(4)13-23-8-9-25(21,29)19-24(23)10-11-26-16(23)12-14-6-7-15(27)18(30-19)17(14)24/h6-7,16,19,26-29H,8-13H2,1-5H3/t16-,19?,21?,22-,23+,24+,25?/m1/s1. The van der Waals surface area contributed by atoms with Gasteiger partial charge in [-0.15, -0.1) is 0 Å². The van der Waals surface area contributed by atoms with Crippen molar-refractivity contribution >= 4 is 0 Å². The average molecular weight is 414 g/mol. The van der Waals surface area contributed by atoms with E-state index in [1.165, 1.54) is 5.56 Å². The molecule has 2 heterocycles. The van der Waals surface area contributed by atoms with Gasteiger partial charge in [-0.3, -0.25) is 0 Å². The summed E-state index contributed by atoms with van der Waals surface area (Å²) in [4.78, 5) is 0. The quantitative estimate of drug-likeness (QED) is 0.569. The van der Waals surface area contributed by atoms with Crippen LogP contribution in [0.25, 0.3) is 0 Å². The Balaban J connectivity index is 1.67. The first kappa shape index (κ1) is 19.4. The number of benzene rings is 1. The van der Waals surface area contributed by atoms with Gasteiger partial charge in [0.1, 0.15) is 11.7 Å². The van der Waals surface area contributed by atoms with Gasteiger partial charge in [-0.05, 0) is 62.6 Å². The van der Waals surface area contributed by atoms with Gasteiger partial charge in [0.2, 0.25) is 0 Å². The van der Waals surface area contributed by atoms with Gasteiger partial charge >= 0.3 is 0 Å². The lowest BCUT2D eigenvalue weighted by molar-refractivity contribution is -0.336. The zero-order valence-electron chi connectivity index (χ0n) is 18.8. The zero-order chi connectivity index (χ0) is 21.5. The summed E-state index contributed by atoms with van der Waals surface area (Å²) in [7, 11) is 0. The summed E-state index contributed by atoms with van der Waals surface area (Å²) in [5.74, 6) is 0.763. The second-order valence-electron chi connectivity index (χ2n) is 12.3. The minimum absolute atomic E-state index is 0.101. The van der Waals surface area contributed by atoms with Gasteiger partial charge in [0.15, 0.2) is 11.5 Å². The number of phenolic OH excluding ortho intramolecular Hbond substituents is 1. The van der Waals surface area contributed by atoms with E-state index in [4.69, 9.17) is 4.74 Å². The van der Waals surface area contributed by atoms with Gasteiger partial charge in [0.05, 0.1) is 5.60 Å².